The number of aromatic nitrogens is 2. The van der Waals surface area contributed by atoms with Crippen LogP contribution in [0.1, 0.15) is 19.8 Å². The zero-order chi connectivity index (χ0) is 26.7. The number of urea groups is 1. The molecular weight excluding hydrogens is 489 g/mol. The Morgan fingerprint density at radius 1 is 1.00 bits per heavy atom. The van der Waals surface area contributed by atoms with Gasteiger partial charge in [0, 0.05) is 64.5 Å². The number of halogens is 1. The van der Waals surface area contributed by atoms with Crippen molar-refractivity contribution in [3.63, 3.8) is 0 Å². The Morgan fingerprint density at radius 3 is 2.50 bits per heavy atom. The molecule has 1 aromatic carbocycles. The molecule has 3 amide bonds. The highest BCUT2D eigenvalue weighted by atomic mass is 19.1. The predicted octanol–water partition coefficient (Wildman–Crippen LogP) is 2.08. The number of amides is 3. The summed E-state index contributed by atoms with van der Waals surface area (Å²) in [5, 5.41) is 11.6. The van der Waals surface area contributed by atoms with Crippen LogP contribution in [0, 0.1) is 5.82 Å². The zero-order valence-corrected chi connectivity index (χ0v) is 22.1. The first-order valence-electron chi connectivity index (χ1n) is 13.5. The molecule has 2 aromatic rings. The predicted molar refractivity (Wildman–Crippen MR) is 143 cm³/mol. The molecule has 0 atom stereocenters. The number of anilines is 1. The average molecular weight is 528 g/mol. The van der Waals surface area contributed by atoms with E-state index in [9.17, 15) is 14.0 Å². The number of nitrogens with one attached hydrogen (secondary N) is 1. The van der Waals surface area contributed by atoms with Crippen molar-refractivity contribution in [2.75, 3.05) is 83.6 Å². The molecule has 0 saturated carbocycles. The van der Waals surface area contributed by atoms with Crippen LogP contribution < -0.4 is 10.2 Å². The van der Waals surface area contributed by atoms with Gasteiger partial charge in [-0.05, 0) is 49.2 Å². The van der Waals surface area contributed by atoms with E-state index in [1.54, 1.807) is 17.0 Å². The van der Waals surface area contributed by atoms with Gasteiger partial charge in [0.25, 0.3) is 0 Å². The van der Waals surface area contributed by atoms with Crippen molar-refractivity contribution in [2.45, 2.75) is 19.8 Å². The largest absolute Gasteiger partial charge is 0.379 e. The third-order valence-electron chi connectivity index (χ3n) is 6.89. The third-order valence-corrected chi connectivity index (χ3v) is 6.89. The SMILES string of the molecule is CCCNC(=O)N(CCN1CCOCC1)CC(=O)N1CCCN(c2ccc(-c3ccc(F)cc3)nn2)CC1. The van der Waals surface area contributed by atoms with Gasteiger partial charge in [0.05, 0.1) is 18.9 Å². The summed E-state index contributed by atoms with van der Waals surface area (Å²) in [7, 11) is 0. The highest BCUT2D eigenvalue weighted by molar-refractivity contribution is 5.84. The molecule has 206 valence electrons. The number of nitrogens with zero attached hydrogens (tertiary/aromatic N) is 6. The highest BCUT2D eigenvalue weighted by Crippen LogP contribution is 2.20. The van der Waals surface area contributed by atoms with E-state index in [1.807, 2.05) is 24.0 Å². The monoisotopic (exact) mass is 527 g/mol. The molecule has 0 bridgehead atoms. The molecule has 1 N–H and O–H groups in total. The van der Waals surface area contributed by atoms with Crippen LogP contribution in [0.25, 0.3) is 11.3 Å². The first-order chi connectivity index (χ1) is 18.5. The Kier molecular flexibility index (Phi) is 10.2. The normalized spacial score (nSPS) is 16.7. The van der Waals surface area contributed by atoms with Gasteiger partial charge in [-0.1, -0.05) is 6.92 Å². The van der Waals surface area contributed by atoms with Crippen molar-refractivity contribution in [1.29, 1.82) is 0 Å². The smallest absolute Gasteiger partial charge is 0.317 e. The molecule has 0 unspecified atom stereocenters. The molecule has 0 aliphatic carbocycles. The Labute approximate surface area is 223 Å². The number of hydrogen-bond donors (Lipinski definition) is 1. The van der Waals surface area contributed by atoms with Crippen molar-refractivity contribution >= 4 is 17.8 Å². The summed E-state index contributed by atoms with van der Waals surface area (Å²) in [6.45, 7) is 9.52. The summed E-state index contributed by atoms with van der Waals surface area (Å²) in [4.78, 5) is 33.9. The number of hydrogen-bond acceptors (Lipinski definition) is 7. The molecule has 2 fully saturated rings. The number of morpholine rings is 1. The highest BCUT2D eigenvalue weighted by Gasteiger charge is 2.25. The van der Waals surface area contributed by atoms with Gasteiger partial charge in [0.1, 0.15) is 12.4 Å². The maximum absolute atomic E-state index is 13.3. The Bertz CT molecular complexity index is 1030. The van der Waals surface area contributed by atoms with Gasteiger partial charge in [-0.3, -0.25) is 9.69 Å². The summed E-state index contributed by atoms with van der Waals surface area (Å²) < 4.78 is 18.6. The fourth-order valence-electron chi connectivity index (χ4n) is 4.61. The van der Waals surface area contributed by atoms with Crippen LogP contribution in [-0.2, 0) is 9.53 Å². The summed E-state index contributed by atoms with van der Waals surface area (Å²) >= 11 is 0. The van der Waals surface area contributed by atoms with Gasteiger partial charge >= 0.3 is 6.03 Å². The van der Waals surface area contributed by atoms with Crippen molar-refractivity contribution in [2.24, 2.45) is 0 Å². The Morgan fingerprint density at radius 2 is 1.79 bits per heavy atom. The quantitative estimate of drug-likeness (QED) is 0.534. The first-order valence-corrected chi connectivity index (χ1v) is 13.5. The lowest BCUT2D eigenvalue weighted by molar-refractivity contribution is -0.131. The zero-order valence-electron chi connectivity index (χ0n) is 22.1. The molecule has 11 heteroatoms. The minimum Gasteiger partial charge on any atom is -0.379 e. The standard InChI is InChI=1S/C27H38FN7O3/c1-2-10-29-27(37)35(14-13-32-17-19-38-20-18-32)21-26(36)34-12-3-11-33(15-16-34)25-9-8-24(30-31-25)22-4-6-23(28)7-5-22/h4-9H,2-3,10-21H2,1H3,(H,29,37). The van der Waals surface area contributed by atoms with Crippen LogP contribution in [-0.4, -0.2) is 115 Å². The second-order valence-corrected chi connectivity index (χ2v) is 9.61. The maximum Gasteiger partial charge on any atom is 0.317 e. The third kappa shape index (κ3) is 7.84. The van der Waals surface area contributed by atoms with E-state index in [1.165, 1.54) is 12.1 Å². The molecule has 1 aromatic heterocycles. The molecule has 2 aliphatic rings. The molecule has 0 spiro atoms. The van der Waals surface area contributed by atoms with E-state index in [0.29, 0.717) is 51.6 Å². The van der Waals surface area contributed by atoms with Crippen LogP contribution in [0.5, 0.6) is 0 Å². The number of carbonyl (C=O) groups excluding carboxylic acids is 2. The van der Waals surface area contributed by atoms with Crippen molar-refractivity contribution in [3.05, 3.63) is 42.2 Å². The summed E-state index contributed by atoms with van der Waals surface area (Å²) in [5.74, 6) is 0.415. The lowest BCUT2D eigenvalue weighted by atomic mass is 10.1. The van der Waals surface area contributed by atoms with E-state index in [4.69, 9.17) is 4.74 Å². The van der Waals surface area contributed by atoms with E-state index >= 15 is 0 Å². The van der Waals surface area contributed by atoms with Crippen LogP contribution in [0.3, 0.4) is 0 Å². The molecular formula is C27H38FN7O3. The topological polar surface area (TPSA) is 94.1 Å². The van der Waals surface area contributed by atoms with Gasteiger partial charge in [0.15, 0.2) is 5.82 Å². The fourth-order valence-corrected chi connectivity index (χ4v) is 4.61. The minimum atomic E-state index is -0.288. The second-order valence-electron chi connectivity index (χ2n) is 9.61. The van der Waals surface area contributed by atoms with Crippen LogP contribution in [0.4, 0.5) is 15.0 Å². The molecule has 4 rings (SSSR count). The van der Waals surface area contributed by atoms with Gasteiger partial charge in [0.2, 0.25) is 5.91 Å². The Hall–Kier alpha value is -3.31. The van der Waals surface area contributed by atoms with Gasteiger partial charge in [-0.15, -0.1) is 10.2 Å². The second kappa shape index (κ2) is 14.0. The van der Waals surface area contributed by atoms with Crippen LogP contribution >= 0.6 is 0 Å². The number of rotatable bonds is 9. The molecule has 2 aliphatic heterocycles. The summed E-state index contributed by atoms with van der Waals surface area (Å²) in [5.41, 5.74) is 1.48. The fraction of sp³-hybridized carbons (Fsp3) is 0.556. The summed E-state index contributed by atoms with van der Waals surface area (Å²) in [6.07, 6.45) is 1.63. The molecule has 38 heavy (non-hydrogen) atoms. The van der Waals surface area contributed by atoms with E-state index in [2.05, 4.69) is 25.3 Å². The van der Waals surface area contributed by atoms with Crippen LogP contribution in [0.2, 0.25) is 0 Å². The van der Waals surface area contributed by atoms with Gasteiger partial charge in [-0.2, -0.15) is 0 Å². The van der Waals surface area contributed by atoms with Crippen molar-refractivity contribution in [1.82, 2.24) is 30.2 Å². The lowest BCUT2D eigenvalue weighted by Crippen LogP contribution is -2.50. The number of carbonyl (C=O) groups is 2. The molecule has 0 radical (unpaired) electrons. The molecule has 10 nitrogen and oxygen atoms in total. The molecule has 2 saturated heterocycles. The van der Waals surface area contributed by atoms with Crippen molar-refractivity contribution < 1.29 is 18.7 Å². The minimum absolute atomic E-state index is 0.0433. The lowest BCUT2D eigenvalue weighted by Gasteiger charge is -2.31. The molecule has 3 heterocycles. The summed E-state index contributed by atoms with van der Waals surface area (Å²) in [6, 6.07) is 9.77. The van der Waals surface area contributed by atoms with E-state index in [-0.39, 0.29) is 24.3 Å². The van der Waals surface area contributed by atoms with Crippen molar-refractivity contribution in [3.8, 4) is 11.3 Å². The average Bonchev–Trinajstić information content (AvgIpc) is 3.21. The number of benzene rings is 1. The van der Waals surface area contributed by atoms with Crippen LogP contribution in [0.15, 0.2) is 36.4 Å². The first kappa shape index (κ1) is 27.7. The Balaban J connectivity index is 1.32. The van der Waals surface area contributed by atoms with Gasteiger partial charge in [-0.25, -0.2) is 9.18 Å². The van der Waals surface area contributed by atoms with Gasteiger partial charge < -0.3 is 24.8 Å². The number of ether oxygens (including phenoxy) is 1. The maximum atomic E-state index is 13.3. The van der Waals surface area contributed by atoms with E-state index in [0.717, 1.165) is 50.4 Å². The van der Waals surface area contributed by atoms with E-state index < -0.39 is 0 Å².